The number of benzene rings is 3. The molecule has 3 aromatic rings. The Morgan fingerprint density at radius 1 is 0.450 bits per heavy atom. The highest BCUT2D eigenvalue weighted by atomic mass is 31.2. The van der Waals surface area contributed by atoms with Crippen LogP contribution in [0.3, 0.4) is 0 Å². The average molecular weight is 563 g/mol. The van der Waals surface area contributed by atoms with Crippen molar-refractivity contribution in [2.24, 2.45) is 0 Å². The Balaban J connectivity index is 2.28. The lowest BCUT2D eigenvalue weighted by molar-refractivity contribution is 0.366. The third-order valence-corrected chi connectivity index (χ3v) is 7.98. The second-order valence-corrected chi connectivity index (χ2v) is 16.2. The fourth-order valence-corrected chi connectivity index (χ4v) is 5.84. The molecule has 0 unspecified atom stereocenters. The van der Waals surface area contributed by atoms with Crippen molar-refractivity contribution in [1.29, 1.82) is 0 Å². The van der Waals surface area contributed by atoms with E-state index in [0.717, 1.165) is 39.5 Å². The second-order valence-electron chi connectivity index (χ2n) is 15.2. The predicted octanol–water partition coefficient (Wildman–Crippen LogP) is 11.3. The Labute approximate surface area is 245 Å². The zero-order valence-electron chi connectivity index (χ0n) is 27.4. The minimum absolute atomic E-state index is 0.133. The van der Waals surface area contributed by atoms with Gasteiger partial charge in [0.25, 0.3) is 0 Å². The third-order valence-electron chi connectivity index (χ3n) is 6.95. The highest BCUT2D eigenvalue weighted by Gasteiger charge is 2.35. The van der Waals surface area contributed by atoms with Crippen LogP contribution in [0, 0.1) is 13.8 Å². The SMILES string of the molecule is Cc1cc(C(C)(C)C)c(OP(Oc2ccccc2)Oc2c(C(C)(C)C)cc(C)cc2C(C)(C)C)c(C(C)(C)C)c1. The summed E-state index contributed by atoms with van der Waals surface area (Å²) in [6.45, 7) is 31.1. The minimum Gasteiger partial charge on any atom is -0.409 e. The Kier molecular flexibility index (Phi) is 9.12. The average Bonchev–Trinajstić information content (AvgIpc) is 2.78. The molecular formula is C36H51O3P. The molecule has 218 valence electrons. The van der Waals surface area contributed by atoms with E-state index in [2.05, 4.69) is 121 Å². The normalized spacial score (nSPS) is 13.0. The second kappa shape index (κ2) is 11.4. The number of aryl methyl sites for hydroxylation is 2. The largest absolute Gasteiger partial charge is 0.530 e. The molecule has 40 heavy (non-hydrogen) atoms. The summed E-state index contributed by atoms with van der Waals surface area (Å²) in [6.07, 6.45) is 0. The van der Waals surface area contributed by atoms with Crippen LogP contribution in [0.5, 0.6) is 17.2 Å². The highest BCUT2D eigenvalue weighted by molar-refractivity contribution is 7.43. The van der Waals surface area contributed by atoms with E-state index in [4.69, 9.17) is 13.6 Å². The lowest BCUT2D eigenvalue weighted by Crippen LogP contribution is -2.22. The molecule has 0 saturated carbocycles. The van der Waals surface area contributed by atoms with Crippen LogP contribution in [0.2, 0.25) is 0 Å². The summed E-state index contributed by atoms with van der Waals surface area (Å²) in [5, 5.41) is 0. The van der Waals surface area contributed by atoms with Crippen molar-refractivity contribution in [2.75, 3.05) is 0 Å². The van der Waals surface area contributed by atoms with Crippen molar-refractivity contribution < 1.29 is 13.6 Å². The van der Waals surface area contributed by atoms with E-state index >= 15 is 0 Å². The first-order valence-electron chi connectivity index (χ1n) is 14.4. The first-order chi connectivity index (χ1) is 18.2. The maximum atomic E-state index is 6.98. The van der Waals surface area contributed by atoms with Crippen LogP contribution in [-0.2, 0) is 21.7 Å². The molecule has 3 rings (SSSR count). The van der Waals surface area contributed by atoms with Gasteiger partial charge in [0.15, 0.2) is 0 Å². The molecule has 0 fully saturated rings. The quantitative estimate of drug-likeness (QED) is 0.280. The molecule has 0 bridgehead atoms. The van der Waals surface area contributed by atoms with E-state index in [1.807, 2.05) is 30.3 Å². The standard InChI is InChI=1S/C36H51O3P/c1-24-20-27(33(3,4)5)31(28(21-24)34(6,7)8)38-40(37-26-18-16-15-17-19-26)39-32-29(35(9,10)11)22-25(2)23-30(32)36(12,13)14/h15-23H,1-14H3. The highest BCUT2D eigenvalue weighted by Crippen LogP contribution is 2.52. The van der Waals surface area contributed by atoms with Gasteiger partial charge in [-0.25, -0.2) is 0 Å². The number of hydrogen-bond acceptors (Lipinski definition) is 3. The molecule has 0 atom stereocenters. The third kappa shape index (κ3) is 7.82. The number of hydrogen-bond donors (Lipinski definition) is 0. The molecule has 0 amide bonds. The molecule has 0 spiro atoms. The smallest absolute Gasteiger partial charge is 0.409 e. The molecule has 0 saturated heterocycles. The zero-order chi connectivity index (χ0) is 30.3. The van der Waals surface area contributed by atoms with Gasteiger partial charge in [0.05, 0.1) is 0 Å². The van der Waals surface area contributed by atoms with Crippen LogP contribution in [0.25, 0.3) is 0 Å². The summed E-state index contributed by atoms with van der Waals surface area (Å²) in [6, 6.07) is 18.8. The molecule has 0 aliphatic heterocycles. The van der Waals surface area contributed by atoms with Crippen molar-refractivity contribution in [3.05, 3.63) is 88.0 Å². The summed E-state index contributed by atoms with van der Waals surface area (Å²) in [4.78, 5) is 0. The summed E-state index contributed by atoms with van der Waals surface area (Å²) in [7, 11) is -1.86. The summed E-state index contributed by atoms with van der Waals surface area (Å²) in [5.41, 5.74) is 6.53. The Bertz CT molecular complexity index is 1160. The van der Waals surface area contributed by atoms with E-state index in [-0.39, 0.29) is 21.7 Å². The van der Waals surface area contributed by atoms with Gasteiger partial charge in [-0.1, -0.05) is 137 Å². The van der Waals surface area contributed by atoms with Gasteiger partial charge in [0, 0.05) is 22.3 Å². The summed E-state index contributed by atoms with van der Waals surface area (Å²) in [5.74, 6) is 2.43. The van der Waals surface area contributed by atoms with Gasteiger partial charge >= 0.3 is 8.60 Å². The van der Waals surface area contributed by atoms with Crippen molar-refractivity contribution in [3.8, 4) is 17.2 Å². The van der Waals surface area contributed by atoms with E-state index in [0.29, 0.717) is 0 Å². The van der Waals surface area contributed by atoms with Crippen LogP contribution in [0.4, 0.5) is 0 Å². The van der Waals surface area contributed by atoms with Crippen LogP contribution in [-0.4, -0.2) is 0 Å². The van der Waals surface area contributed by atoms with Crippen LogP contribution in [0.1, 0.15) is 116 Å². The van der Waals surface area contributed by atoms with Crippen LogP contribution >= 0.6 is 8.60 Å². The molecule has 0 aromatic heterocycles. The van der Waals surface area contributed by atoms with Gasteiger partial charge in [-0.3, -0.25) is 0 Å². The van der Waals surface area contributed by atoms with Crippen molar-refractivity contribution in [1.82, 2.24) is 0 Å². The van der Waals surface area contributed by atoms with Gasteiger partial charge in [-0.05, 0) is 47.6 Å². The molecule has 0 radical (unpaired) electrons. The molecule has 0 heterocycles. The fraction of sp³-hybridized carbons (Fsp3) is 0.500. The van der Waals surface area contributed by atoms with Crippen LogP contribution < -0.4 is 13.6 Å². The monoisotopic (exact) mass is 562 g/mol. The Hall–Kier alpha value is -2.51. The van der Waals surface area contributed by atoms with E-state index < -0.39 is 8.60 Å². The summed E-state index contributed by atoms with van der Waals surface area (Å²) < 4.78 is 20.5. The van der Waals surface area contributed by atoms with E-state index in [1.54, 1.807) is 0 Å². The molecule has 4 heteroatoms. The molecule has 3 nitrogen and oxygen atoms in total. The van der Waals surface area contributed by atoms with E-state index in [9.17, 15) is 0 Å². The molecule has 0 N–H and O–H groups in total. The molecule has 3 aromatic carbocycles. The van der Waals surface area contributed by atoms with Crippen molar-refractivity contribution >= 4 is 8.60 Å². The van der Waals surface area contributed by atoms with E-state index in [1.165, 1.54) is 11.1 Å². The maximum Gasteiger partial charge on any atom is 0.530 e. The summed E-state index contributed by atoms with van der Waals surface area (Å²) >= 11 is 0. The number of rotatable bonds is 6. The molecule has 0 aliphatic carbocycles. The van der Waals surface area contributed by atoms with Gasteiger partial charge in [0.1, 0.15) is 17.2 Å². The topological polar surface area (TPSA) is 27.7 Å². The predicted molar refractivity (Wildman–Crippen MR) is 172 cm³/mol. The number of para-hydroxylation sites is 1. The Morgan fingerprint density at radius 3 is 1.02 bits per heavy atom. The fourth-order valence-electron chi connectivity index (χ4n) is 4.74. The lowest BCUT2D eigenvalue weighted by atomic mass is 9.78. The zero-order valence-corrected chi connectivity index (χ0v) is 28.3. The molecular weight excluding hydrogens is 511 g/mol. The maximum absolute atomic E-state index is 6.98. The van der Waals surface area contributed by atoms with Gasteiger partial charge in [-0.2, -0.15) is 0 Å². The Morgan fingerprint density at radius 2 is 0.750 bits per heavy atom. The minimum atomic E-state index is -1.86. The molecule has 0 aliphatic rings. The lowest BCUT2D eigenvalue weighted by Gasteiger charge is -2.33. The van der Waals surface area contributed by atoms with Gasteiger partial charge in [0.2, 0.25) is 0 Å². The van der Waals surface area contributed by atoms with Crippen molar-refractivity contribution in [3.63, 3.8) is 0 Å². The van der Waals surface area contributed by atoms with Gasteiger partial charge in [-0.15, -0.1) is 0 Å². The van der Waals surface area contributed by atoms with Crippen LogP contribution in [0.15, 0.2) is 54.6 Å². The van der Waals surface area contributed by atoms with Crippen molar-refractivity contribution in [2.45, 2.75) is 119 Å². The first-order valence-corrected chi connectivity index (χ1v) is 15.5. The first kappa shape index (κ1) is 32.0. The van der Waals surface area contributed by atoms with Gasteiger partial charge < -0.3 is 13.6 Å².